The van der Waals surface area contributed by atoms with Crippen LogP contribution < -0.4 is 4.90 Å². The Balaban J connectivity index is 1.58. The predicted octanol–water partition coefficient (Wildman–Crippen LogP) is 6.48. The van der Waals surface area contributed by atoms with Gasteiger partial charge in [0.25, 0.3) is 0 Å². The topological polar surface area (TPSA) is 6.48 Å². The smallest absolute Gasteiger partial charge is 0.109 e. The summed E-state index contributed by atoms with van der Waals surface area (Å²) in [5.41, 5.74) is 9.37. The Morgan fingerprint density at radius 2 is 1.79 bits per heavy atom. The third-order valence-electron chi connectivity index (χ3n) is 10.8. The average Bonchev–Trinajstić information content (AvgIpc) is 2.86. The lowest BCUT2D eigenvalue weighted by Gasteiger charge is -2.51. The zero-order valence-electron chi connectivity index (χ0n) is 19.9. The normalized spacial score (nSPS) is 46.2. The SMILES string of the molecule is CCC1C(C)c2cc(C(C)(C)C)ccc2N2C3=C(N(C)C12)C1(C)CC2C3(C)C21C. The van der Waals surface area contributed by atoms with Crippen LogP contribution in [0.2, 0.25) is 0 Å². The van der Waals surface area contributed by atoms with E-state index in [2.05, 4.69) is 90.4 Å². The van der Waals surface area contributed by atoms with Crippen LogP contribution in [0.15, 0.2) is 29.6 Å². The van der Waals surface area contributed by atoms with Crippen LogP contribution >= 0.6 is 0 Å². The molecule has 0 aromatic heterocycles. The predicted molar refractivity (Wildman–Crippen MR) is 121 cm³/mol. The molecular weight excluding hydrogens is 352 g/mol. The van der Waals surface area contributed by atoms with Crippen molar-refractivity contribution in [3.8, 4) is 0 Å². The van der Waals surface area contributed by atoms with Gasteiger partial charge in [-0.1, -0.05) is 67.5 Å². The van der Waals surface area contributed by atoms with E-state index in [1.807, 2.05) is 0 Å². The van der Waals surface area contributed by atoms with Gasteiger partial charge in [0.05, 0.1) is 0 Å². The van der Waals surface area contributed by atoms with E-state index < -0.39 is 0 Å². The van der Waals surface area contributed by atoms with Crippen molar-refractivity contribution >= 4 is 5.69 Å². The number of allylic oxidation sites excluding steroid dienone is 2. The molecule has 29 heavy (non-hydrogen) atoms. The van der Waals surface area contributed by atoms with E-state index in [0.29, 0.717) is 34.2 Å². The van der Waals surface area contributed by atoms with Crippen molar-refractivity contribution in [1.82, 2.24) is 4.90 Å². The van der Waals surface area contributed by atoms with Crippen molar-refractivity contribution in [3.63, 3.8) is 0 Å². The molecule has 7 atom stereocenters. The third kappa shape index (κ3) is 1.58. The summed E-state index contributed by atoms with van der Waals surface area (Å²) >= 11 is 0. The lowest BCUT2D eigenvalue weighted by molar-refractivity contribution is 0.0501. The molecule has 3 aliphatic carbocycles. The molecule has 2 fully saturated rings. The van der Waals surface area contributed by atoms with Gasteiger partial charge in [-0.25, -0.2) is 0 Å². The van der Waals surface area contributed by atoms with Crippen molar-refractivity contribution in [1.29, 1.82) is 0 Å². The van der Waals surface area contributed by atoms with E-state index in [1.54, 1.807) is 17.0 Å². The largest absolute Gasteiger partial charge is 0.355 e. The first-order chi connectivity index (χ1) is 13.4. The second-order valence-electron chi connectivity index (χ2n) is 12.5. The van der Waals surface area contributed by atoms with Gasteiger partial charge in [0.2, 0.25) is 0 Å². The number of fused-ring (bicyclic) bond motifs is 7. The number of hydrogen-bond acceptors (Lipinski definition) is 2. The van der Waals surface area contributed by atoms with E-state index in [9.17, 15) is 0 Å². The highest BCUT2D eigenvalue weighted by molar-refractivity contribution is 5.73. The molecule has 0 N–H and O–H groups in total. The first-order valence-electron chi connectivity index (χ1n) is 11.9. The summed E-state index contributed by atoms with van der Waals surface area (Å²) in [4.78, 5) is 5.55. The van der Waals surface area contributed by atoms with E-state index in [1.165, 1.54) is 24.1 Å². The summed E-state index contributed by atoms with van der Waals surface area (Å²) in [5, 5.41) is 0. The molecule has 1 aromatic rings. The Bertz CT molecular complexity index is 983. The van der Waals surface area contributed by atoms with E-state index in [-0.39, 0.29) is 5.41 Å². The van der Waals surface area contributed by atoms with Crippen LogP contribution in [0.1, 0.15) is 85.3 Å². The Kier molecular flexibility index (Phi) is 2.99. The molecular formula is C27H38N2. The summed E-state index contributed by atoms with van der Waals surface area (Å²) in [6, 6.07) is 7.41. The van der Waals surface area contributed by atoms with Gasteiger partial charge < -0.3 is 9.80 Å². The second-order valence-corrected chi connectivity index (χ2v) is 12.5. The van der Waals surface area contributed by atoms with E-state index >= 15 is 0 Å². The molecule has 5 aliphatic rings. The monoisotopic (exact) mass is 390 g/mol. The molecule has 2 heterocycles. The van der Waals surface area contributed by atoms with Crippen molar-refractivity contribution in [2.45, 2.75) is 85.7 Å². The number of anilines is 1. The van der Waals surface area contributed by atoms with Gasteiger partial charge in [-0.2, -0.15) is 0 Å². The van der Waals surface area contributed by atoms with Crippen LogP contribution in [0.4, 0.5) is 5.69 Å². The molecule has 2 nitrogen and oxygen atoms in total. The van der Waals surface area contributed by atoms with Crippen LogP contribution in [0.3, 0.4) is 0 Å². The summed E-state index contributed by atoms with van der Waals surface area (Å²) < 4.78 is 0. The van der Waals surface area contributed by atoms with Crippen molar-refractivity contribution in [2.24, 2.45) is 28.1 Å². The minimum atomic E-state index is 0.197. The quantitative estimate of drug-likeness (QED) is 0.541. The molecule has 2 heteroatoms. The summed E-state index contributed by atoms with van der Waals surface area (Å²) in [7, 11) is 2.40. The van der Waals surface area contributed by atoms with Crippen LogP contribution in [-0.4, -0.2) is 18.1 Å². The van der Waals surface area contributed by atoms with Crippen molar-refractivity contribution in [3.05, 3.63) is 40.7 Å². The zero-order chi connectivity index (χ0) is 20.9. The van der Waals surface area contributed by atoms with Gasteiger partial charge in [-0.05, 0) is 52.7 Å². The van der Waals surface area contributed by atoms with Gasteiger partial charge in [0, 0.05) is 40.9 Å². The van der Waals surface area contributed by atoms with Crippen LogP contribution in [0.25, 0.3) is 0 Å². The molecule has 0 amide bonds. The zero-order valence-corrected chi connectivity index (χ0v) is 19.9. The molecule has 2 saturated carbocycles. The Morgan fingerprint density at radius 3 is 2.41 bits per heavy atom. The Morgan fingerprint density at radius 1 is 1.10 bits per heavy atom. The molecule has 7 unspecified atom stereocenters. The molecule has 156 valence electrons. The first kappa shape index (κ1) is 18.3. The molecule has 0 bridgehead atoms. The van der Waals surface area contributed by atoms with Gasteiger partial charge in [-0.3, -0.25) is 0 Å². The molecule has 0 spiro atoms. The standard InChI is InChI=1S/C27H38N2/c1-10-17-15(2)18-13-16(24(3,4)5)11-12-19(18)29-22-21(28(9)23(17)29)25(6)14-20-26(22,7)27(20,25)8/h11-13,15,17,20,23H,10,14H2,1-9H3. The van der Waals surface area contributed by atoms with E-state index in [0.717, 1.165) is 5.92 Å². The maximum Gasteiger partial charge on any atom is 0.109 e. The maximum absolute atomic E-state index is 2.83. The van der Waals surface area contributed by atoms with Crippen molar-refractivity contribution in [2.75, 3.05) is 11.9 Å². The maximum atomic E-state index is 2.83. The van der Waals surface area contributed by atoms with Crippen molar-refractivity contribution < 1.29 is 0 Å². The summed E-state index contributed by atoms with van der Waals surface area (Å²) in [5.74, 6) is 2.16. The molecule has 0 saturated heterocycles. The lowest BCUT2D eigenvalue weighted by atomic mass is 9.60. The number of benzene rings is 1. The second kappa shape index (κ2) is 4.73. The Labute approximate surface area is 177 Å². The van der Waals surface area contributed by atoms with Gasteiger partial charge in [0.15, 0.2) is 0 Å². The van der Waals surface area contributed by atoms with Crippen LogP contribution in [-0.2, 0) is 5.41 Å². The highest BCUT2D eigenvalue weighted by Gasteiger charge is 2.93. The third-order valence-corrected chi connectivity index (χ3v) is 10.8. The minimum Gasteiger partial charge on any atom is -0.355 e. The first-order valence-corrected chi connectivity index (χ1v) is 11.9. The lowest BCUT2D eigenvalue weighted by Crippen LogP contribution is -2.52. The number of hydrogen-bond donors (Lipinski definition) is 0. The number of nitrogens with zero attached hydrogens (tertiary/aromatic N) is 2. The fourth-order valence-electron chi connectivity index (χ4n) is 8.78. The average molecular weight is 391 g/mol. The minimum absolute atomic E-state index is 0.197. The fourth-order valence-corrected chi connectivity index (χ4v) is 8.78. The number of rotatable bonds is 1. The Hall–Kier alpha value is -1.44. The van der Waals surface area contributed by atoms with Gasteiger partial charge in [0.1, 0.15) is 6.17 Å². The van der Waals surface area contributed by atoms with Crippen LogP contribution in [0.5, 0.6) is 0 Å². The fraction of sp³-hybridized carbons (Fsp3) is 0.704. The molecule has 2 aliphatic heterocycles. The highest BCUT2D eigenvalue weighted by atomic mass is 15.5. The molecule has 0 radical (unpaired) electrons. The van der Waals surface area contributed by atoms with Gasteiger partial charge >= 0.3 is 0 Å². The van der Waals surface area contributed by atoms with Gasteiger partial charge in [-0.15, -0.1) is 0 Å². The molecule has 1 aromatic carbocycles. The van der Waals surface area contributed by atoms with Crippen LogP contribution in [0, 0.1) is 28.1 Å². The summed E-state index contributed by atoms with van der Waals surface area (Å²) in [6.45, 7) is 19.6. The highest BCUT2D eigenvalue weighted by Crippen LogP contribution is 2.96. The molecule has 6 rings (SSSR count). The van der Waals surface area contributed by atoms with E-state index in [4.69, 9.17) is 0 Å². The summed E-state index contributed by atoms with van der Waals surface area (Å²) in [6.07, 6.45) is 3.12.